The molecule has 3 rings (SSSR count). The van der Waals surface area contributed by atoms with Gasteiger partial charge in [0.15, 0.2) is 5.78 Å². The van der Waals surface area contributed by atoms with Gasteiger partial charge in [0.1, 0.15) is 0 Å². The van der Waals surface area contributed by atoms with E-state index in [0.29, 0.717) is 31.4 Å². The van der Waals surface area contributed by atoms with Gasteiger partial charge < -0.3 is 25.0 Å². The standard InChI is InChI=1S/C24H35NO5/c1-15(2)6-11-20-23(4,28)22-21(30-5)19(27)12-13-24(22,29)14-25(20)18-9-7-17(8-10-18)16(3)26/h6-10,19-22,27-29H,11-14H2,1-5H3/t19-,20+,21-,22-,23+,24+/m1/s1. The Kier molecular flexibility index (Phi) is 6.44. The average molecular weight is 418 g/mol. The molecule has 30 heavy (non-hydrogen) atoms. The van der Waals surface area contributed by atoms with Crippen molar-refractivity contribution < 1.29 is 24.9 Å². The van der Waals surface area contributed by atoms with Crippen molar-refractivity contribution in [3.05, 3.63) is 41.5 Å². The van der Waals surface area contributed by atoms with Crippen LogP contribution in [0.5, 0.6) is 0 Å². The summed E-state index contributed by atoms with van der Waals surface area (Å²) in [5.74, 6) is -0.627. The third kappa shape index (κ3) is 4.06. The molecule has 6 atom stereocenters. The summed E-state index contributed by atoms with van der Waals surface area (Å²) in [4.78, 5) is 13.7. The van der Waals surface area contributed by atoms with Crippen LogP contribution in [0.2, 0.25) is 0 Å². The van der Waals surface area contributed by atoms with Gasteiger partial charge in [0, 0.05) is 30.8 Å². The number of rotatable bonds is 5. The molecule has 1 aliphatic carbocycles. The fraction of sp³-hybridized carbons (Fsp3) is 0.625. The van der Waals surface area contributed by atoms with Crippen molar-refractivity contribution in [2.45, 2.75) is 76.4 Å². The normalized spacial score (nSPS) is 36.2. The minimum absolute atomic E-state index is 0.00354. The van der Waals surface area contributed by atoms with Gasteiger partial charge in [-0.1, -0.05) is 11.6 Å². The molecule has 0 radical (unpaired) electrons. The molecule has 6 nitrogen and oxygen atoms in total. The topological polar surface area (TPSA) is 90.2 Å². The molecule has 1 aromatic rings. The van der Waals surface area contributed by atoms with Crippen LogP contribution in [0, 0.1) is 5.92 Å². The summed E-state index contributed by atoms with van der Waals surface area (Å²) in [5, 5.41) is 34.0. The van der Waals surface area contributed by atoms with Crippen LogP contribution < -0.4 is 4.90 Å². The summed E-state index contributed by atoms with van der Waals surface area (Å²) >= 11 is 0. The molecule has 1 aromatic carbocycles. The van der Waals surface area contributed by atoms with E-state index in [2.05, 4.69) is 6.08 Å². The summed E-state index contributed by atoms with van der Waals surface area (Å²) in [6.07, 6.45) is 2.10. The summed E-state index contributed by atoms with van der Waals surface area (Å²) in [6, 6.07) is 6.98. The highest BCUT2D eigenvalue weighted by Gasteiger charge is 2.63. The van der Waals surface area contributed by atoms with Crippen LogP contribution in [0.3, 0.4) is 0 Å². The van der Waals surface area contributed by atoms with Crippen molar-refractivity contribution >= 4 is 11.5 Å². The lowest BCUT2D eigenvalue weighted by Gasteiger charge is -2.61. The van der Waals surface area contributed by atoms with Gasteiger partial charge >= 0.3 is 0 Å². The van der Waals surface area contributed by atoms with Crippen molar-refractivity contribution in [2.24, 2.45) is 5.92 Å². The van der Waals surface area contributed by atoms with Crippen molar-refractivity contribution in [3.8, 4) is 0 Å². The van der Waals surface area contributed by atoms with E-state index in [0.717, 1.165) is 11.3 Å². The molecular weight excluding hydrogens is 382 g/mol. The number of nitrogens with zero attached hydrogens (tertiary/aromatic N) is 1. The molecule has 2 fully saturated rings. The van der Waals surface area contributed by atoms with E-state index in [1.807, 2.05) is 30.9 Å². The number of fused-ring (bicyclic) bond motifs is 1. The molecule has 0 unspecified atom stereocenters. The molecule has 6 heteroatoms. The number of ketones is 1. The molecule has 1 saturated carbocycles. The van der Waals surface area contributed by atoms with Crippen LogP contribution in [0.25, 0.3) is 0 Å². The quantitative estimate of drug-likeness (QED) is 0.504. The maximum absolute atomic E-state index is 11.8. The maximum atomic E-state index is 11.8. The number of anilines is 1. The lowest BCUT2D eigenvalue weighted by atomic mass is 9.59. The first-order chi connectivity index (χ1) is 14.0. The molecule has 0 amide bonds. The SMILES string of the molecule is CO[C@@H]1[C@H](O)CC[C@]2(O)CN(c3ccc(C(C)=O)cc3)[C@@H](CC=C(C)C)[C@](C)(O)[C@@H]12. The van der Waals surface area contributed by atoms with Gasteiger partial charge in [-0.2, -0.15) is 0 Å². The number of benzene rings is 1. The van der Waals surface area contributed by atoms with Gasteiger partial charge in [0.05, 0.1) is 29.5 Å². The smallest absolute Gasteiger partial charge is 0.159 e. The fourth-order valence-electron chi connectivity index (χ4n) is 5.39. The Balaban J connectivity index is 2.07. The Bertz CT molecular complexity index is 798. The molecule has 0 spiro atoms. The largest absolute Gasteiger partial charge is 0.390 e. The molecule has 166 valence electrons. The summed E-state index contributed by atoms with van der Waals surface area (Å²) in [5.41, 5.74) is 0.0924. The maximum Gasteiger partial charge on any atom is 0.159 e. The van der Waals surface area contributed by atoms with E-state index >= 15 is 0 Å². The van der Waals surface area contributed by atoms with Gasteiger partial charge in [-0.25, -0.2) is 0 Å². The average Bonchev–Trinajstić information content (AvgIpc) is 2.67. The zero-order chi connectivity index (χ0) is 22.3. The third-order valence-electron chi connectivity index (χ3n) is 6.91. The van der Waals surface area contributed by atoms with Crippen LogP contribution in [-0.4, -0.2) is 64.2 Å². The second-order valence-electron chi connectivity index (χ2n) is 9.38. The number of carbonyl (C=O) groups is 1. The second-order valence-corrected chi connectivity index (χ2v) is 9.38. The number of ether oxygens (including phenoxy) is 1. The van der Waals surface area contributed by atoms with Crippen molar-refractivity contribution in [3.63, 3.8) is 0 Å². The molecule has 1 heterocycles. The zero-order valence-corrected chi connectivity index (χ0v) is 18.6. The Morgan fingerprint density at radius 2 is 1.87 bits per heavy atom. The number of hydrogen-bond donors (Lipinski definition) is 3. The predicted molar refractivity (Wildman–Crippen MR) is 117 cm³/mol. The number of carbonyl (C=O) groups excluding carboxylic acids is 1. The molecule has 1 saturated heterocycles. The number of Topliss-reactive ketones (excluding diaryl/α,β-unsaturated/α-hetero) is 1. The molecule has 0 bridgehead atoms. The Morgan fingerprint density at radius 1 is 1.23 bits per heavy atom. The third-order valence-corrected chi connectivity index (χ3v) is 6.91. The van der Waals surface area contributed by atoms with Crippen molar-refractivity contribution in [2.75, 3.05) is 18.6 Å². The first-order valence-corrected chi connectivity index (χ1v) is 10.7. The van der Waals surface area contributed by atoms with E-state index in [-0.39, 0.29) is 11.8 Å². The Hall–Kier alpha value is -1.73. The first-order valence-electron chi connectivity index (χ1n) is 10.7. The lowest BCUT2D eigenvalue weighted by Crippen LogP contribution is -2.75. The number of piperidine rings is 1. The van der Waals surface area contributed by atoms with Gasteiger partial charge in [0.25, 0.3) is 0 Å². The highest BCUT2D eigenvalue weighted by molar-refractivity contribution is 5.94. The number of hydrogen-bond acceptors (Lipinski definition) is 6. The second kappa shape index (κ2) is 8.42. The van der Waals surface area contributed by atoms with Gasteiger partial charge in [-0.15, -0.1) is 0 Å². The molecule has 1 aliphatic heterocycles. The summed E-state index contributed by atoms with van der Waals surface area (Å²) < 4.78 is 5.59. The molecule has 2 aliphatic rings. The number of aliphatic hydroxyl groups excluding tert-OH is 1. The molecule has 3 N–H and O–H groups in total. The van der Waals surface area contributed by atoms with Crippen molar-refractivity contribution in [1.29, 1.82) is 0 Å². The summed E-state index contributed by atoms with van der Waals surface area (Å²) in [6.45, 7) is 7.63. The minimum atomic E-state index is -1.32. The van der Waals surface area contributed by atoms with E-state index in [9.17, 15) is 20.1 Å². The van der Waals surface area contributed by atoms with E-state index < -0.39 is 29.3 Å². The van der Waals surface area contributed by atoms with E-state index in [1.165, 1.54) is 14.0 Å². The predicted octanol–water partition coefficient (Wildman–Crippen LogP) is 2.70. The number of β-amino-alcohol motifs (C(OH)–C–C–N with tert-alkyl or cyclic N) is 1. The van der Waals surface area contributed by atoms with E-state index in [1.54, 1.807) is 19.1 Å². The number of methoxy groups -OCH3 is 1. The van der Waals surface area contributed by atoms with Gasteiger partial charge in [-0.3, -0.25) is 4.79 Å². The van der Waals surface area contributed by atoms with E-state index in [4.69, 9.17) is 4.74 Å². The summed E-state index contributed by atoms with van der Waals surface area (Å²) in [7, 11) is 1.52. The van der Waals surface area contributed by atoms with Crippen LogP contribution in [-0.2, 0) is 4.74 Å². The first kappa shape index (κ1) is 22.9. The highest BCUT2D eigenvalue weighted by atomic mass is 16.5. The number of aliphatic hydroxyl groups is 3. The van der Waals surface area contributed by atoms with Gasteiger partial charge in [0.2, 0.25) is 0 Å². The Labute approximate surface area is 179 Å². The molecule has 0 aromatic heterocycles. The van der Waals surface area contributed by atoms with Crippen LogP contribution in [0.4, 0.5) is 5.69 Å². The van der Waals surface area contributed by atoms with Crippen LogP contribution >= 0.6 is 0 Å². The van der Waals surface area contributed by atoms with Crippen LogP contribution in [0.15, 0.2) is 35.9 Å². The highest BCUT2D eigenvalue weighted by Crippen LogP contribution is 2.49. The monoisotopic (exact) mass is 417 g/mol. The number of allylic oxidation sites excluding steroid dienone is 1. The van der Waals surface area contributed by atoms with Crippen LogP contribution in [0.1, 0.15) is 57.3 Å². The van der Waals surface area contributed by atoms with Crippen molar-refractivity contribution in [1.82, 2.24) is 0 Å². The zero-order valence-electron chi connectivity index (χ0n) is 18.6. The van der Waals surface area contributed by atoms with Gasteiger partial charge in [-0.05, 0) is 71.2 Å². The molecular formula is C24H35NO5. The fourth-order valence-corrected chi connectivity index (χ4v) is 5.39. The minimum Gasteiger partial charge on any atom is -0.390 e. The lowest BCUT2D eigenvalue weighted by molar-refractivity contribution is -0.232. The Morgan fingerprint density at radius 3 is 2.40 bits per heavy atom.